The number of piperazine rings is 1. The number of nitrogens with one attached hydrogen (secondary N) is 2. The summed E-state index contributed by atoms with van der Waals surface area (Å²) < 4.78 is 5.51. The summed E-state index contributed by atoms with van der Waals surface area (Å²) in [5.74, 6) is -1.65. The van der Waals surface area contributed by atoms with Crippen LogP contribution in [0.25, 0.3) is 0 Å². The molecule has 11 heteroatoms. The van der Waals surface area contributed by atoms with E-state index in [1.165, 1.54) is 29.2 Å². The van der Waals surface area contributed by atoms with E-state index in [4.69, 9.17) is 17.0 Å². The fourth-order valence-corrected chi connectivity index (χ4v) is 4.11. The molecule has 2 aliphatic rings. The summed E-state index contributed by atoms with van der Waals surface area (Å²) in [5.41, 5.74) is -0.503. The maximum absolute atomic E-state index is 12.6. The molecule has 0 aromatic heterocycles. The minimum Gasteiger partial charge on any atom is -0.462 e. The lowest BCUT2D eigenvalue weighted by Gasteiger charge is -2.36. The van der Waals surface area contributed by atoms with Crippen LogP contribution in [0.15, 0.2) is 24.3 Å². The monoisotopic (exact) mass is 448 g/mol. The van der Waals surface area contributed by atoms with E-state index in [2.05, 4.69) is 10.6 Å². The van der Waals surface area contributed by atoms with Crippen molar-refractivity contribution in [3.63, 3.8) is 0 Å². The number of para-hydroxylation sites is 1. The molecule has 1 heterocycles. The molecule has 2 amide bonds. The van der Waals surface area contributed by atoms with E-state index in [9.17, 15) is 24.5 Å². The number of hydrogen-bond acceptors (Lipinski definition) is 7. The van der Waals surface area contributed by atoms with Gasteiger partial charge in [-0.05, 0) is 44.0 Å². The molecule has 1 aliphatic carbocycles. The number of nitrogens with zero attached hydrogens (tertiary/aromatic N) is 2. The minimum absolute atomic E-state index is 0.0755. The van der Waals surface area contributed by atoms with Crippen LogP contribution in [0.2, 0.25) is 0 Å². The topological polar surface area (TPSA) is 131 Å². The Kier molecular flexibility index (Phi) is 7.50. The van der Waals surface area contributed by atoms with E-state index < -0.39 is 28.7 Å². The van der Waals surface area contributed by atoms with Crippen LogP contribution in [0, 0.1) is 10.1 Å². The van der Waals surface area contributed by atoms with E-state index in [-0.39, 0.29) is 42.0 Å². The van der Waals surface area contributed by atoms with Gasteiger partial charge in [0.1, 0.15) is 17.7 Å². The van der Waals surface area contributed by atoms with Crippen molar-refractivity contribution in [2.75, 3.05) is 13.1 Å². The lowest BCUT2D eigenvalue weighted by molar-refractivity contribution is -0.385. The quantitative estimate of drug-likeness (QED) is 0.301. The van der Waals surface area contributed by atoms with Crippen molar-refractivity contribution in [2.24, 2.45) is 0 Å². The average molecular weight is 449 g/mol. The Bertz CT molecular complexity index is 886. The van der Waals surface area contributed by atoms with Crippen LogP contribution in [-0.4, -0.2) is 58.0 Å². The predicted octanol–water partition coefficient (Wildman–Crippen LogP) is 1.68. The molecule has 1 saturated heterocycles. The summed E-state index contributed by atoms with van der Waals surface area (Å²) in [6, 6.07) is 4.57. The van der Waals surface area contributed by atoms with Gasteiger partial charge in [-0.3, -0.25) is 29.8 Å². The molecule has 1 aromatic carbocycles. The Morgan fingerprint density at radius 2 is 1.97 bits per heavy atom. The van der Waals surface area contributed by atoms with Crippen LogP contribution in [0.1, 0.15) is 48.9 Å². The van der Waals surface area contributed by atoms with Crippen molar-refractivity contribution in [2.45, 2.75) is 50.7 Å². The van der Waals surface area contributed by atoms with Gasteiger partial charge in [-0.25, -0.2) is 0 Å². The van der Waals surface area contributed by atoms with Crippen LogP contribution in [-0.2, 0) is 14.3 Å². The van der Waals surface area contributed by atoms with E-state index in [1.54, 1.807) is 0 Å². The zero-order valence-corrected chi connectivity index (χ0v) is 17.7. The van der Waals surface area contributed by atoms with Gasteiger partial charge in [0.15, 0.2) is 5.11 Å². The first-order valence-electron chi connectivity index (χ1n) is 10.2. The number of esters is 1. The summed E-state index contributed by atoms with van der Waals surface area (Å²) in [6.07, 6.45) is 4.44. The molecule has 166 valence electrons. The number of thiocarbonyl (C=S) groups is 1. The first kappa shape index (κ1) is 22.6. The molecular weight excluding hydrogens is 424 g/mol. The minimum atomic E-state index is -0.927. The Morgan fingerprint density at radius 1 is 1.26 bits per heavy atom. The molecule has 3 rings (SSSR count). The summed E-state index contributed by atoms with van der Waals surface area (Å²) in [7, 11) is 0. The van der Waals surface area contributed by atoms with E-state index in [1.807, 2.05) is 0 Å². The van der Waals surface area contributed by atoms with Gasteiger partial charge in [0.25, 0.3) is 11.6 Å². The number of nitro groups is 1. The van der Waals surface area contributed by atoms with Crippen molar-refractivity contribution >= 4 is 40.8 Å². The maximum atomic E-state index is 12.6. The molecule has 10 nitrogen and oxygen atoms in total. The Balaban J connectivity index is 1.66. The molecule has 1 saturated carbocycles. The largest absolute Gasteiger partial charge is 0.462 e. The standard InChI is InChI=1S/C20H24N4O6S/c25-17(30-13-6-2-1-3-7-13)12-16-19(27)21-10-11-23(16)20(31)22-18(26)14-8-4-5-9-15(14)24(28)29/h4-5,8-9,13,16H,1-3,6-7,10-12H2,(H,21,27)(H,22,26,31). The fourth-order valence-electron chi connectivity index (χ4n) is 3.80. The molecule has 0 radical (unpaired) electrons. The number of amides is 2. The third-order valence-electron chi connectivity index (χ3n) is 5.37. The summed E-state index contributed by atoms with van der Waals surface area (Å²) in [4.78, 5) is 49.4. The molecule has 1 aliphatic heterocycles. The number of rotatable bonds is 5. The van der Waals surface area contributed by atoms with Gasteiger partial charge in [0, 0.05) is 19.2 Å². The predicted molar refractivity (Wildman–Crippen MR) is 114 cm³/mol. The van der Waals surface area contributed by atoms with Crippen LogP contribution in [0.4, 0.5) is 5.69 Å². The highest BCUT2D eigenvalue weighted by Crippen LogP contribution is 2.22. The van der Waals surface area contributed by atoms with E-state index in [0.29, 0.717) is 0 Å². The second-order valence-corrected chi connectivity index (χ2v) is 7.87. The lowest BCUT2D eigenvalue weighted by Crippen LogP contribution is -2.60. The highest BCUT2D eigenvalue weighted by molar-refractivity contribution is 7.80. The molecular formula is C20H24N4O6S. The van der Waals surface area contributed by atoms with Gasteiger partial charge in [-0.2, -0.15) is 0 Å². The molecule has 1 aromatic rings. The van der Waals surface area contributed by atoms with Crippen molar-refractivity contribution in [3.8, 4) is 0 Å². The molecule has 2 N–H and O–H groups in total. The average Bonchev–Trinajstić information content (AvgIpc) is 2.75. The zero-order chi connectivity index (χ0) is 22.4. The van der Waals surface area contributed by atoms with E-state index >= 15 is 0 Å². The molecule has 1 unspecified atom stereocenters. The van der Waals surface area contributed by atoms with Crippen molar-refractivity contribution in [1.82, 2.24) is 15.5 Å². The normalized spacial score (nSPS) is 19.3. The number of carbonyl (C=O) groups excluding carboxylic acids is 3. The lowest BCUT2D eigenvalue weighted by atomic mass is 9.98. The molecule has 2 fully saturated rings. The fraction of sp³-hybridized carbons (Fsp3) is 0.500. The highest BCUT2D eigenvalue weighted by Gasteiger charge is 2.35. The summed E-state index contributed by atoms with van der Waals surface area (Å²) in [6.45, 7) is 0.567. The highest BCUT2D eigenvalue weighted by atomic mass is 32.1. The number of ether oxygens (including phenoxy) is 1. The Labute approximate surface area is 184 Å². The number of benzene rings is 1. The zero-order valence-electron chi connectivity index (χ0n) is 16.9. The second kappa shape index (κ2) is 10.3. The van der Waals surface area contributed by atoms with Crippen LogP contribution < -0.4 is 10.6 Å². The summed E-state index contributed by atoms with van der Waals surface area (Å²) >= 11 is 5.30. The summed E-state index contributed by atoms with van der Waals surface area (Å²) in [5, 5.41) is 16.2. The first-order chi connectivity index (χ1) is 14.9. The van der Waals surface area contributed by atoms with Gasteiger partial charge in [-0.15, -0.1) is 0 Å². The third-order valence-corrected chi connectivity index (χ3v) is 5.70. The Morgan fingerprint density at radius 3 is 2.68 bits per heavy atom. The van der Waals surface area contributed by atoms with Crippen molar-refractivity contribution in [3.05, 3.63) is 39.9 Å². The molecule has 0 bridgehead atoms. The number of hydrogen-bond donors (Lipinski definition) is 2. The van der Waals surface area contributed by atoms with Gasteiger partial charge in [0.2, 0.25) is 5.91 Å². The molecule has 31 heavy (non-hydrogen) atoms. The van der Waals surface area contributed by atoms with Gasteiger partial charge in [-0.1, -0.05) is 18.6 Å². The van der Waals surface area contributed by atoms with Gasteiger partial charge >= 0.3 is 5.97 Å². The Hall–Kier alpha value is -3.08. The SMILES string of the molecule is O=C(CC1C(=O)NCCN1C(=S)NC(=O)c1ccccc1[N+](=O)[O-])OC1CCCCC1. The van der Waals surface area contributed by atoms with Crippen molar-refractivity contribution < 1.29 is 24.0 Å². The van der Waals surface area contributed by atoms with Crippen molar-refractivity contribution in [1.29, 1.82) is 0 Å². The van der Waals surface area contributed by atoms with Gasteiger partial charge in [0.05, 0.1) is 11.3 Å². The first-order valence-corrected chi connectivity index (χ1v) is 10.6. The maximum Gasteiger partial charge on any atom is 0.308 e. The molecule has 1 atom stereocenters. The molecule has 0 spiro atoms. The van der Waals surface area contributed by atoms with Crippen LogP contribution in [0.5, 0.6) is 0 Å². The third kappa shape index (κ3) is 5.75. The number of carbonyl (C=O) groups is 3. The number of nitro benzene ring substituents is 1. The van der Waals surface area contributed by atoms with Crippen LogP contribution >= 0.6 is 12.2 Å². The van der Waals surface area contributed by atoms with E-state index in [0.717, 1.165) is 32.1 Å². The van der Waals surface area contributed by atoms with Crippen LogP contribution in [0.3, 0.4) is 0 Å². The second-order valence-electron chi connectivity index (χ2n) is 7.49. The van der Waals surface area contributed by atoms with Gasteiger partial charge < -0.3 is 15.0 Å². The smallest absolute Gasteiger partial charge is 0.308 e.